The van der Waals surface area contributed by atoms with Crippen molar-refractivity contribution in [3.8, 4) is 5.75 Å². The second-order valence-corrected chi connectivity index (χ2v) is 7.81. The predicted octanol–water partition coefficient (Wildman–Crippen LogP) is 2.82. The Balaban J connectivity index is 2.87. The van der Waals surface area contributed by atoms with Gasteiger partial charge in [0.15, 0.2) is 6.61 Å². The highest BCUT2D eigenvalue weighted by molar-refractivity contribution is 9.11. The number of ether oxygens (including phenoxy) is 1. The molecule has 9 heteroatoms. The van der Waals surface area contributed by atoms with Crippen LogP contribution in [0.15, 0.2) is 38.6 Å². The number of carbonyl (C=O) groups excluding carboxylic acids is 1. The lowest BCUT2D eigenvalue weighted by Gasteiger charge is -2.11. The lowest BCUT2D eigenvalue weighted by atomic mass is 10.3. The molecule has 0 radical (unpaired) electrons. The van der Waals surface area contributed by atoms with E-state index in [2.05, 4.69) is 43.8 Å². The van der Waals surface area contributed by atoms with Gasteiger partial charge in [-0.3, -0.25) is 4.79 Å². The van der Waals surface area contributed by atoms with Crippen molar-refractivity contribution >= 4 is 57.5 Å². The number of benzene rings is 1. The fraction of sp³-hybridized carbons (Fsp3) is 0.182. The summed E-state index contributed by atoms with van der Waals surface area (Å²) in [4.78, 5) is 11.3. The van der Waals surface area contributed by atoms with Gasteiger partial charge >= 0.3 is 0 Å². The summed E-state index contributed by atoms with van der Waals surface area (Å²) in [7, 11) is 1.41. The quantitative estimate of drug-likeness (QED) is 0.538. The molecule has 1 aromatic rings. The average Bonchev–Trinajstić information content (AvgIpc) is 2.34. The molecular weight excluding hydrogens is 437 g/mol. The maximum absolute atomic E-state index is 11.4. The molecule has 20 heavy (non-hydrogen) atoms. The van der Waals surface area contributed by atoms with Gasteiger partial charge in [0.05, 0.1) is 13.8 Å². The minimum atomic E-state index is -3.84. The summed E-state index contributed by atoms with van der Waals surface area (Å²) >= 11 is 6.33. The van der Waals surface area contributed by atoms with Gasteiger partial charge in [0, 0.05) is 17.2 Å². The van der Waals surface area contributed by atoms with E-state index in [0.29, 0.717) is 21.2 Å². The van der Waals surface area contributed by atoms with Crippen LogP contribution in [-0.2, 0) is 13.8 Å². The van der Waals surface area contributed by atoms with E-state index < -0.39 is 9.05 Å². The van der Waals surface area contributed by atoms with E-state index in [0.717, 1.165) is 0 Å². The monoisotopic (exact) mass is 445 g/mol. The van der Waals surface area contributed by atoms with Crippen LogP contribution in [0.2, 0.25) is 0 Å². The minimum absolute atomic E-state index is 0.0821. The second-order valence-electron chi connectivity index (χ2n) is 3.54. The second kappa shape index (κ2) is 7.44. The molecule has 1 rings (SSSR count). The van der Waals surface area contributed by atoms with Crippen LogP contribution >= 0.6 is 42.5 Å². The Kier molecular flexibility index (Phi) is 6.50. The third kappa shape index (κ3) is 5.08. The zero-order valence-corrected chi connectivity index (χ0v) is 14.8. The number of hydrogen-bond acceptors (Lipinski definition) is 4. The van der Waals surface area contributed by atoms with Crippen molar-refractivity contribution in [1.29, 1.82) is 0 Å². The van der Waals surface area contributed by atoms with Crippen molar-refractivity contribution in [2.45, 2.75) is 4.90 Å². The number of carbonyl (C=O) groups is 1. The minimum Gasteiger partial charge on any atom is -0.481 e. The lowest BCUT2D eigenvalue weighted by molar-refractivity contribution is -0.122. The van der Waals surface area contributed by atoms with Crippen LogP contribution in [0.25, 0.3) is 0 Å². The Morgan fingerprint density at radius 3 is 2.40 bits per heavy atom. The van der Waals surface area contributed by atoms with Crippen LogP contribution < -0.4 is 10.1 Å². The molecule has 1 N–H and O–H groups in total. The number of rotatable bonds is 6. The van der Waals surface area contributed by atoms with E-state index in [4.69, 9.17) is 15.4 Å². The van der Waals surface area contributed by atoms with E-state index in [1.807, 2.05) is 0 Å². The van der Waals surface area contributed by atoms with Crippen LogP contribution in [0.4, 0.5) is 0 Å². The van der Waals surface area contributed by atoms with Crippen LogP contribution in [0, 0.1) is 0 Å². The standard InChI is InChI=1S/C11H10Br2ClNO4S/c1-2-3-15-10(16)6-19-11-8(12)4-7(5-9(11)13)20(14,17)18/h2,4-5H,1,3,6H2,(H,15,16). The molecule has 110 valence electrons. The molecule has 0 aliphatic rings. The summed E-state index contributed by atoms with van der Waals surface area (Å²) in [6, 6.07) is 2.59. The first kappa shape index (κ1) is 17.5. The van der Waals surface area contributed by atoms with Gasteiger partial charge in [0.25, 0.3) is 15.0 Å². The Labute approximate surface area is 138 Å². The fourth-order valence-corrected chi connectivity index (χ4v) is 3.69. The zero-order valence-electron chi connectivity index (χ0n) is 10.0. The van der Waals surface area contributed by atoms with E-state index in [1.165, 1.54) is 12.1 Å². The molecule has 0 unspecified atom stereocenters. The number of halogens is 3. The third-order valence-corrected chi connectivity index (χ3v) is 4.56. The van der Waals surface area contributed by atoms with Crippen molar-refractivity contribution in [2.24, 2.45) is 0 Å². The highest BCUT2D eigenvalue weighted by Crippen LogP contribution is 2.36. The van der Waals surface area contributed by atoms with Crippen molar-refractivity contribution in [1.82, 2.24) is 5.32 Å². The van der Waals surface area contributed by atoms with Crippen molar-refractivity contribution in [2.75, 3.05) is 13.2 Å². The number of hydrogen-bond donors (Lipinski definition) is 1. The van der Waals surface area contributed by atoms with Gasteiger partial charge in [-0.2, -0.15) is 0 Å². The summed E-state index contributed by atoms with van der Waals surface area (Å²) in [5, 5.41) is 2.55. The van der Waals surface area contributed by atoms with E-state index >= 15 is 0 Å². The molecule has 1 aromatic carbocycles. The van der Waals surface area contributed by atoms with Gasteiger partial charge in [-0.15, -0.1) is 6.58 Å². The molecule has 0 aliphatic carbocycles. The van der Waals surface area contributed by atoms with E-state index in [-0.39, 0.29) is 17.4 Å². The topological polar surface area (TPSA) is 72.5 Å². The molecule has 0 spiro atoms. The lowest BCUT2D eigenvalue weighted by Crippen LogP contribution is -2.28. The molecule has 0 saturated heterocycles. The maximum Gasteiger partial charge on any atom is 0.261 e. The Morgan fingerprint density at radius 1 is 1.40 bits per heavy atom. The van der Waals surface area contributed by atoms with Gasteiger partial charge in [0.1, 0.15) is 5.75 Å². The molecule has 0 bridgehead atoms. The van der Waals surface area contributed by atoms with Gasteiger partial charge in [-0.25, -0.2) is 8.42 Å². The van der Waals surface area contributed by atoms with E-state index in [9.17, 15) is 13.2 Å². The normalized spacial score (nSPS) is 10.9. The van der Waals surface area contributed by atoms with Crippen molar-refractivity contribution in [3.63, 3.8) is 0 Å². The molecule has 0 fully saturated rings. The smallest absolute Gasteiger partial charge is 0.261 e. The van der Waals surface area contributed by atoms with Gasteiger partial charge in [-0.05, 0) is 44.0 Å². The first-order chi connectivity index (χ1) is 9.25. The Bertz CT molecular complexity index is 610. The Morgan fingerprint density at radius 2 is 1.95 bits per heavy atom. The van der Waals surface area contributed by atoms with Crippen LogP contribution in [0.3, 0.4) is 0 Å². The van der Waals surface area contributed by atoms with Crippen molar-refractivity contribution in [3.05, 3.63) is 33.7 Å². The molecule has 5 nitrogen and oxygen atoms in total. The maximum atomic E-state index is 11.4. The Hall–Kier alpha value is -0.570. The summed E-state index contributed by atoms with van der Waals surface area (Å²) in [5.41, 5.74) is 0. The van der Waals surface area contributed by atoms with E-state index in [1.54, 1.807) is 6.08 Å². The predicted molar refractivity (Wildman–Crippen MR) is 83.6 cm³/mol. The van der Waals surface area contributed by atoms with Gasteiger partial charge in [0.2, 0.25) is 0 Å². The highest BCUT2D eigenvalue weighted by Gasteiger charge is 2.17. The average molecular weight is 448 g/mol. The summed E-state index contributed by atoms with van der Waals surface area (Å²) in [6.45, 7) is 3.60. The highest BCUT2D eigenvalue weighted by atomic mass is 79.9. The molecule has 0 atom stereocenters. The molecule has 1 amide bonds. The third-order valence-electron chi connectivity index (χ3n) is 2.04. The van der Waals surface area contributed by atoms with Gasteiger partial charge < -0.3 is 10.1 Å². The first-order valence-corrected chi connectivity index (χ1v) is 9.09. The summed E-state index contributed by atoms with van der Waals surface area (Å²) in [5.74, 6) is -0.0134. The number of nitrogens with one attached hydrogen (secondary N) is 1. The molecule has 0 aliphatic heterocycles. The zero-order chi connectivity index (χ0) is 15.3. The molecular formula is C11H10Br2ClNO4S. The fourth-order valence-electron chi connectivity index (χ4n) is 1.19. The number of amides is 1. The molecule has 0 saturated carbocycles. The molecule has 0 heterocycles. The van der Waals surface area contributed by atoms with Gasteiger partial charge in [-0.1, -0.05) is 6.08 Å². The van der Waals surface area contributed by atoms with Crippen LogP contribution in [-0.4, -0.2) is 27.5 Å². The first-order valence-electron chi connectivity index (χ1n) is 5.19. The SMILES string of the molecule is C=CCNC(=O)COc1c(Br)cc(S(=O)(=O)Cl)cc1Br. The summed E-state index contributed by atoms with van der Waals surface area (Å²) < 4.78 is 28.5. The molecule has 0 aromatic heterocycles. The van der Waals surface area contributed by atoms with Crippen LogP contribution in [0.1, 0.15) is 0 Å². The van der Waals surface area contributed by atoms with Crippen molar-refractivity contribution < 1.29 is 17.9 Å². The largest absolute Gasteiger partial charge is 0.481 e. The summed E-state index contributed by atoms with van der Waals surface area (Å²) in [6.07, 6.45) is 1.55. The van der Waals surface area contributed by atoms with Crippen LogP contribution in [0.5, 0.6) is 5.75 Å².